The first kappa shape index (κ1) is 26.3. The number of hydrogen-bond donors (Lipinski definition) is 0. The van der Waals surface area contributed by atoms with E-state index in [4.69, 9.17) is 0 Å². The Hall–Kier alpha value is -4.62. The molecule has 202 valence electrons. The Bertz CT molecular complexity index is 1770. The molecule has 0 amide bonds. The largest absolute Gasteiger partial charge is 0.243 e. The second-order valence-corrected chi connectivity index (χ2v) is 12.0. The van der Waals surface area contributed by atoms with E-state index in [9.17, 15) is 0 Å². The Morgan fingerprint density at radius 3 is 1.02 bits per heavy atom. The first-order chi connectivity index (χ1) is 20.5. The molecule has 1 aliphatic rings. The minimum atomic E-state index is 0.197. The molecule has 6 aromatic rings. The van der Waals surface area contributed by atoms with Crippen LogP contribution < -0.4 is 16.4 Å². The topological polar surface area (TPSA) is 0 Å². The summed E-state index contributed by atoms with van der Waals surface area (Å²) in [7, 11) is 0. The zero-order valence-electron chi connectivity index (χ0n) is 24.9. The fourth-order valence-corrected chi connectivity index (χ4v) is 7.32. The van der Waals surface area contributed by atoms with Gasteiger partial charge < -0.3 is 0 Å². The lowest BCUT2D eigenvalue weighted by atomic mass is 9.31. The highest BCUT2D eigenvalue weighted by molar-refractivity contribution is 6.97. The third-order valence-electron chi connectivity index (χ3n) is 9.11. The first-order valence-electron chi connectivity index (χ1n) is 15.0. The van der Waals surface area contributed by atoms with Crippen LogP contribution in [-0.2, 0) is 6.42 Å². The molecular formula is C41H35B. The van der Waals surface area contributed by atoms with Gasteiger partial charge in [-0.2, -0.15) is 0 Å². The smallest absolute Gasteiger partial charge is 0.0629 e. The molecule has 1 heterocycles. The number of fused-ring (bicyclic) bond motifs is 2. The second kappa shape index (κ2) is 10.7. The van der Waals surface area contributed by atoms with Gasteiger partial charge in [-0.15, -0.1) is 0 Å². The predicted molar refractivity (Wildman–Crippen MR) is 182 cm³/mol. The second-order valence-electron chi connectivity index (χ2n) is 12.0. The number of rotatable bonds is 4. The van der Waals surface area contributed by atoms with Crippen molar-refractivity contribution in [2.24, 2.45) is 0 Å². The van der Waals surface area contributed by atoms with Crippen molar-refractivity contribution in [3.05, 3.63) is 161 Å². The van der Waals surface area contributed by atoms with Crippen LogP contribution in [0.3, 0.4) is 0 Å². The maximum Gasteiger partial charge on any atom is 0.243 e. The van der Waals surface area contributed by atoms with Crippen molar-refractivity contribution in [1.29, 1.82) is 0 Å². The van der Waals surface area contributed by atoms with Crippen molar-refractivity contribution in [2.75, 3.05) is 0 Å². The maximum absolute atomic E-state index is 2.46. The summed E-state index contributed by atoms with van der Waals surface area (Å²) in [4.78, 5) is 0. The molecule has 1 heteroatoms. The standard InChI is InChI=1S/C41H35B/c1-27-20-34(31-14-8-5-9-15-31)21-28(2)39(27)42-40-29(3)22-35(32-16-10-6-11-17-32)24-37(40)26-38-25-36(23-30(4)41(38)42)33-18-12-7-13-19-33/h5-25H,26H2,1-4H3. The van der Waals surface area contributed by atoms with Gasteiger partial charge in [-0.1, -0.05) is 166 Å². The van der Waals surface area contributed by atoms with E-state index in [0.717, 1.165) is 6.42 Å². The SMILES string of the molecule is Cc1cc(-c2ccccc2)cc(C)c1B1c2c(C)cc(-c3ccccc3)cc2Cc2cc(-c3ccccc3)cc(C)c21. The molecule has 0 N–H and O–H groups in total. The van der Waals surface area contributed by atoms with Crippen LogP contribution in [0.15, 0.2) is 127 Å². The third kappa shape index (κ3) is 4.60. The van der Waals surface area contributed by atoms with Crippen molar-refractivity contribution in [3.8, 4) is 33.4 Å². The quantitative estimate of drug-likeness (QED) is 0.198. The summed E-state index contributed by atoms with van der Waals surface area (Å²) in [5.74, 6) is 0. The predicted octanol–water partition coefficient (Wildman–Crippen LogP) is 8.34. The van der Waals surface area contributed by atoms with Gasteiger partial charge >= 0.3 is 0 Å². The van der Waals surface area contributed by atoms with Crippen LogP contribution in [0.25, 0.3) is 33.4 Å². The van der Waals surface area contributed by atoms with Gasteiger partial charge in [-0.25, -0.2) is 0 Å². The average molecular weight is 539 g/mol. The molecule has 0 radical (unpaired) electrons. The highest BCUT2D eigenvalue weighted by Gasteiger charge is 2.35. The lowest BCUT2D eigenvalue weighted by molar-refractivity contribution is 1.19. The molecule has 0 atom stereocenters. The summed E-state index contributed by atoms with van der Waals surface area (Å²) in [6, 6.07) is 46.9. The Balaban J connectivity index is 1.47. The molecule has 6 aromatic carbocycles. The summed E-state index contributed by atoms with van der Waals surface area (Å²) in [6.07, 6.45) is 0.949. The zero-order valence-corrected chi connectivity index (χ0v) is 24.9. The molecule has 0 aliphatic carbocycles. The van der Waals surface area contributed by atoms with E-state index in [0.29, 0.717) is 0 Å². The fourth-order valence-electron chi connectivity index (χ4n) is 7.32. The normalized spacial score (nSPS) is 12.1. The summed E-state index contributed by atoms with van der Waals surface area (Å²) < 4.78 is 0. The molecule has 0 nitrogen and oxygen atoms in total. The summed E-state index contributed by atoms with van der Waals surface area (Å²) in [6.45, 7) is 9.46. The van der Waals surface area contributed by atoms with E-state index >= 15 is 0 Å². The van der Waals surface area contributed by atoms with Crippen molar-refractivity contribution in [2.45, 2.75) is 34.1 Å². The van der Waals surface area contributed by atoms with Crippen LogP contribution in [0.4, 0.5) is 0 Å². The van der Waals surface area contributed by atoms with Crippen LogP contribution in [-0.4, -0.2) is 6.71 Å². The highest BCUT2D eigenvalue weighted by Crippen LogP contribution is 2.30. The average Bonchev–Trinajstić information content (AvgIpc) is 3.01. The third-order valence-corrected chi connectivity index (χ3v) is 9.11. The maximum atomic E-state index is 2.46. The van der Waals surface area contributed by atoms with Gasteiger partial charge in [0.25, 0.3) is 0 Å². The molecule has 0 aromatic heterocycles. The van der Waals surface area contributed by atoms with Crippen LogP contribution >= 0.6 is 0 Å². The minimum absolute atomic E-state index is 0.197. The molecule has 1 aliphatic heterocycles. The summed E-state index contributed by atoms with van der Waals surface area (Å²) in [5.41, 5.74) is 20.5. The van der Waals surface area contributed by atoms with Gasteiger partial charge in [0.1, 0.15) is 0 Å². The van der Waals surface area contributed by atoms with E-state index in [2.05, 4.69) is 155 Å². The van der Waals surface area contributed by atoms with Gasteiger partial charge in [-0.05, 0) is 78.6 Å². The van der Waals surface area contributed by atoms with Crippen LogP contribution in [0, 0.1) is 27.7 Å². The molecular weight excluding hydrogens is 503 g/mol. The van der Waals surface area contributed by atoms with E-state index < -0.39 is 0 Å². The summed E-state index contributed by atoms with van der Waals surface area (Å²) in [5, 5.41) is 0. The van der Waals surface area contributed by atoms with E-state index in [1.54, 1.807) is 0 Å². The Morgan fingerprint density at radius 1 is 0.357 bits per heavy atom. The van der Waals surface area contributed by atoms with E-state index in [1.165, 1.54) is 83.1 Å². The van der Waals surface area contributed by atoms with Gasteiger partial charge in [0, 0.05) is 0 Å². The Labute approximate surface area is 250 Å². The first-order valence-corrected chi connectivity index (χ1v) is 15.0. The Morgan fingerprint density at radius 2 is 0.667 bits per heavy atom. The number of aryl methyl sites for hydroxylation is 4. The lowest BCUT2D eigenvalue weighted by Gasteiger charge is -2.33. The Kier molecular flexibility index (Phi) is 6.67. The molecule has 0 bridgehead atoms. The minimum Gasteiger partial charge on any atom is -0.0629 e. The van der Waals surface area contributed by atoms with Crippen molar-refractivity contribution >= 4 is 23.1 Å². The molecule has 42 heavy (non-hydrogen) atoms. The zero-order chi connectivity index (χ0) is 28.8. The van der Waals surface area contributed by atoms with Crippen molar-refractivity contribution < 1.29 is 0 Å². The molecule has 0 fully saturated rings. The van der Waals surface area contributed by atoms with Gasteiger partial charge in [-0.3, -0.25) is 0 Å². The highest BCUT2D eigenvalue weighted by atomic mass is 14.2. The van der Waals surface area contributed by atoms with Crippen molar-refractivity contribution in [1.82, 2.24) is 0 Å². The van der Waals surface area contributed by atoms with Gasteiger partial charge in [0.2, 0.25) is 6.71 Å². The van der Waals surface area contributed by atoms with Crippen LogP contribution in [0.5, 0.6) is 0 Å². The monoisotopic (exact) mass is 538 g/mol. The molecule has 0 unspecified atom stereocenters. The van der Waals surface area contributed by atoms with E-state index in [1.807, 2.05) is 0 Å². The molecule has 0 saturated carbocycles. The molecule has 0 spiro atoms. The fraction of sp³-hybridized carbons (Fsp3) is 0.122. The summed E-state index contributed by atoms with van der Waals surface area (Å²) >= 11 is 0. The number of hydrogen-bond acceptors (Lipinski definition) is 0. The molecule has 0 saturated heterocycles. The number of benzene rings is 6. The van der Waals surface area contributed by atoms with Crippen molar-refractivity contribution in [3.63, 3.8) is 0 Å². The van der Waals surface area contributed by atoms with Gasteiger partial charge in [0.05, 0.1) is 0 Å². The van der Waals surface area contributed by atoms with Crippen LogP contribution in [0.1, 0.15) is 33.4 Å². The van der Waals surface area contributed by atoms with E-state index in [-0.39, 0.29) is 6.71 Å². The molecule has 7 rings (SSSR count). The van der Waals surface area contributed by atoms with Gasteiger partial charge in [0.15, 0.2) is 0 Å². The lowest BCUT2D eigenvalue weighted by Crippen LogP contribution is -2.60. The van der Waals surface area contributed by atoms with Crippen LogP contribution in [0.2, 0.25) is 0 Å².